The molecule has 0 aliphatic carbocycles. The third kappa shape index (κ3) is 3.92. The van der Waals surface area contributed by atoms with E-state index < -0.39 is 0 Å². The molecule has 7 heteroatoms. The van der Waals surface area contributed by atoms with E-state index in [0.717, 1.165) is 5.75 Å². The average Bonchev–Trinajstić information content (AvgIpc) is 3.09. The summed E-state index contributed by atoms with van der Waals surface area (Å²) < 4.78 is 5.36. The Morgan fingerprint density at radius 3 is 2.72 bits per heavy atom. The van der Waals surface area contributed by atoms with E-state index in [1.807, 2.05) is 6.92 Å². The van der Waals surface area contributed by atoms with Gasteiger partial charge in [0.2, 0.25) is 0 Å². The summed E-state index contributed by atoms with van der Waals surface area (Å²) in [7, 11) is 0. The molecule has 25 heavy (non-hydrogen) atoms. The third-order valence-electron chi connectivity index (χ3n) is 3.48. The van der Waals surface area contributed by atoms with Gasteiger partial charge in [0.05, 0.1) is 12.3 Å². The van der Waals surface area contributed by atoms with E-state index in [0.29, 0.717) is 28.6 Å². The van der Waals surface area contributed by atoms with Crippen molar-refractivity contribution >= 4 is 23.2 Å². The van der Waals surface area contributed by atoms with Crippen molar-refractivity contribution in [1.29, 1.82) is 0 Å². The number of anilines is 1. The standard InChI is InChI=1S/C18H16ClN3O3/c1-2-25-13-6-4-12(5-7-13)20-18(24)16-10-15(21-22-16)14-9-11(19)3-8-17(14)23/h3-10,23H,2H2,1H3,(H,20,24)(H,21,22). The molecule has 3 N–H and O–H groups in total. The van der Waals surface area contributed by atoms with Gasteiger partial charge < -0.3 is 15.2 Å². The number of aromatic hydroxyl groups is 1. The zero-order valence-electron chi connectivity index (χ0n) is 13.4. The summed E-state index contributed by atoms with van der Waals surface area (Å²) in [5, 5.41) is 19.9. The van der Waals surface area contributed by atoms with Crippen LogP contribution in [-0.4, -0.2) is 27.8 Å². The minimum absolute atomic E-state index is 0.0365. The summed E-state index contributed by atoms with van der Waals surface area (Å²) in [6.45, 7) is 2.49. The van der Waals surface area contributed by atoms with Crippen LogP contribution in [0.25, 0.3) is 11.3 Å². The van der Waals surface area contributed by atoms with Crippen molar-refractivity contribution in [3.63, 3.8) is 0 Å². The van der Waals surface area contributed by atoms with E-state index in [4.69, 9.17) is 16.3 Å². The van der Waals surface area contributed by atoms with Crippen LogP contribution in [0, 0.1) is 0 Å². The number of ether oxygens (including phenoxy) is 1. The number of halogens is 1. The van der Waals surface area contributed by atoms with Gasteiger partial charge in [0.25, 0.3) is 5.91 Å². The zero-order chi connectivity index (χ0) is 17.8. The van der Waals surface area contributed by atoms with Gasteiger partial charge in [0.1, 0.15) is 17.2 Å². The molecule has 0 saturated carbocycles. The van der Waals surface area contributed by atoms with Crippen LogP contribution in [0.1, 0.15) is 17.4 Å². The molecule has 6 nitrogen and oxygen atoms in total. The lowest BCUT2D eigenvalue weighted by molar-refractivity contribution is 0.102. The molecule has 0 fully saturated rings. The number of hydrogen-bond donors (Lipinski definition) is 3. The Morgan fingerprint density at radius 1 is 1.24 bits per heavy atom. The van der Waals surface area contributed by atoms with Crippen molar-refractivity contribution in [2.45, 2.75) is 6.92 Å². The molecule has 0 radical (unpaired) electrons. The molecule has 0 aliphatic heterocycles. The van der Waals surface area contributed by atoms with Crippen LogP contribution < -0.4 is 10.1 Å². The van der Waals surface area contributed by atoms with Crippen LogP contribution in [0.3, 0.4) is 0 Å². The van der Waals surface area contributed by atoms with Gasteiger partial charge in [-0.1, -0.05) is 11.6 Å². The van der Waals surface area contributed by atoms with Gasteiger partial charge in [-0.25, -0.2) is 0 Å². The molecule has 3 aromatic rings. The normalized spacial score (nSPS) is 10.5. The van der Waals surface area contributed by atoms with Crippen LogP contribution in [0.5, 0.6) is 11.5 Å². The van der Waals surface area contributed by atoms with Crippen molar-refractivity contribution in [1.82, 2.24) is 10.2 Å². The molecule has 0 saturated heterocycles. The van der Waals surface area contributed by atoms with Crippen molar-refractivity contribution in [2.24, 2.45) is 0 Å². The molecule has 1 amide bonds. The highest BCUT2D eigenvalue weighted by atomic mass is 35.5. The number of hydrogen-bond acceptors (Lipinski definition) is 4. The van der Waals surface area contributed by atoms with Crippen LogP contribution in [0.4, 0.5) is 5.69 Å². The zero-order valence-corrected chi connectivity index (χ0v) is 14.2. The Kier molecular flexibility index (Phi) is 4.90. The molecular weight excluding hydrogens is 342 g/mol. The predicted molar refractivity (Wildman–Crippen MR) is 96.3 cm³/mol. The number of benzene rings is 2. The molecule has 3 rings (SSSR count). The van der Waals surface area contributed by atoms with Crippen LogP contribution in [0.15, 0.2) is 48.5 Å². The van der Waals surface area contributed by atoms with Crippen molar-refractivity contribution < 1.29 is 14.6 Å². The van der Waals surface area contributed by atoms with Gasteiger partial charge in [-0.3, -0.25) is 9.89 Å². The first-order chi connectivity index (χ1) is 12.1. The Bertz CT molecular complexity index is 891. The lowest BCUT2D eigenvalue weighted by atomic mass is 10.1. The van der Waals surface area contributed by atoms with E-state index in [-0.39, 0.29) is 17.4 Å². The van der Waals surface area contributed by atoms with Gasteiger partial charge in [-0.2, -0.15) is 5.10 Å². The minimum Gasteiger partial charge on any atom is -0.507 e. The summed E-state index contributed by atoms with van der Waals surface area (Å²) in [6, 6.07) is 13.3. The second-order valence-electron chi connectivity index (χ2n) is 5.24. The monoisotopic (exact) mass is 357 g/mol. The highest BCUT2D eigenvalue weighted by Gasteiger charge is 2.14. The van der Waals surface area contributed by atoms with E-state index in [2.05, 4.69) is 15.5 Å². The van der Waals surface area contributed by atoms with Crippen molar-refractivity contribution in [3.8, 4) is 22.8 Å². The Labute approximate surface area is 149 Å². The molecule has 128 valence electrons. The van der Waals surface area contributed by atoms with Crippen molar-refractivity contribution in [3.05, 3.63) is 59.2 Å². The summed E-state index contributed by atoms with van der Waals surface area (Å²) in [6.07, 6.45) is 0. The molecule has 1 heterocycles. The van der Waals surface area contributed by atoms with Gasteiger partial charge in [-0.05, 0) is 55.5 Å². The number of amides is 1. The van der Waals surface area contributed by atoms with E-state index in [1.165, 1.54) is 6.07 Å². The summed E-state index contributed by atoms with van der Waals surface area (Å²) in [5.74, 6) is 0.430. The Balaban J connectivity index is 1.75. The fourth-order valence-corrected chi connectivity index (χ4v) is 2.46. The van der Waals surface area contributed by atoms with E-state index >= 15 is 0 Å². The number of nitrogens with zero attached hydrogens (tertiary/aromatic N) is 1. The first-order valence-corrected chi connectivity index (χ1v) is 8.03. The smallest absolute Gasteiger partial charge is 0.273 e. The number of H-pyrrole nitrogens is 1. The van der Waals surface area contributed by atoms with E-state index in [1.54, 1.807) is 42.5 Å². The minimum atomic E-state index is -0.343. The summed E-state index contributed by atoms with van der Waals surface area (Å²) >= 11 is 5.94. The number of aromatic nitrogens is 2. The first-order valence-electron chi connectivity index (χ1n) is 7.65. The molecule has 0 spiro atoms. The quantitative estimate of drug-likeness (QED) is 0.642. The maximum absolute atomic E-state index is 12.3. The molecule has 0 aliphatic rings. The molecular formula is C18H16ClN3O3. The molecule has 0 unspecified atom stereocenters. The molecule has 2 aromatic carbocycles. The first kappa shape index (κ1) is 16.9. The largest absolute Gasteiger partial charge is 0.507 e. The number of rotatable bonds is 5. The fraction of sp³-hybridized carbons (Fsp3) is 0.111. The maximum Gasteiger partial charge on any atom is 0.273 e. The summed E-state index contributed by atoms with van der Waals surface area (Å²) in [4.78, 5) is 12.3. The molecule has 0 bridgehead atoms. The van der Waals surface area contributed by atoms with Gasteiger partial charge in [0.15, 0.2) is 0 Å². The number of phenols is 1. The van der Waals surface area contributed by atoms with E-state index in [9.17, 15) is 9.90 Å². The van der Waals surface area contributed by atoms with Crippen LogP contribution in [0.2, 0.25) is 5.02 Å². The number of phenolic OH excluding ortho intramolecular Hbond substituents is 1. The number of nitrogens with one attached hydrogen (secondary N) is 2. The van der Waals surface area contributed by atoms with Gasteiger partial charge in [0, 0.05) is 16.3 Å². The number of aromatic amines is 1. The lowest BCUT2D eigenvalue weighted by Crippen LogP contribution is -2.12. The maximum atomic E-state index is 12.3. The Morgan fingerprint density at radius 2 is 2.00 bits per heavy atom. The number of carbonyl (C=O) groups excluding carboxylic acids is 1. The lowest BCUT2D eigenvalue weighted by Gasteiger charge is -2.06. The SMILES string of the molecule is CCOc1ccc(NC(=O)c2cc(-c3cc(Cl)ccc3O)n[nH]2)cc1. The fourth-order valence-electron chi connectivity index (χ4n) is 2.29. The average molecular weight is 358 g/mol. The topological polar surface area (TPSA) is 87.2 Å². The van der Waals surface area contributed by atoms with Crippen LogP contribution >= 0.6 is 11.6 Å². The second kappa shape index (κ2) is 7.27. The second-order valence-corrected chi connectivity index (χ2v) is 5.68. The Hall–Kier alpha value is -2.99. The van der Waals surface area contributed by atoms with Gasteiger partial charge >= 0.3 is 0 Å². The van der Waals surface area contributed by atoms with Crippen LogP contribution in [-0.2, 0) is 0 Å². The summed E-state index contributed by atoms with van der Waals surface area (Å²) in [5.41, 5.74) is 1.78. The third-order valence-corrected chi connectivity index (χ3v) is 3.72. The highest BCUT2D eigenvalue weighted by Crippen LogP contribution is 2.30. The predicted octanol–water partition coefficient (Wildman–Crippen LogP) is 4.09. The van der Waals surface area contributed by atoms with Gasteiger partial charge in [-0.15, -0.1) is 0 Å². The molecule has 0 atom stereocenters. The number of carbonyl (C=O) groups is 1. The van der Waals surface area contributed by atoms with Crippen molar-refractivity contribution in [2.75, 3.05) is 11.9 Å². The molecule has 1 aromatic heterocycles. The highest BCUT2D eigenvalue weighted by molar-refractivity contribution is 6.31.